The molecular formula is C14H21N3S. The fraction of sp³-hybridized carbons (Fsp3) is 0.500. The molecule has 0 fully saturated rings. The molecular weight excluding hydrogens is 242 g/mol. The van der Waals surface area contributed by atoms with E-state index in [2.05, 4.69) is 53.7 Å². The van der Waals surface area contributed by atoms with E-state index in [9.17, 15) is 0 Å². The SMILES string of the molecule is Cc1ccc2[nH]c(=S)n(CCCCN(C)C)c2c1. The Labute approximate surface area is 113 Å². The van der Waals surface area contributed by atoms with Crippen molar-refractivity contribution >= 4 is 23.3 Å². The molecule has 0 bridgehead atoms. The summed E-state index contributed by atoms with van der Waals surface area (Å²) in [5.74, 6) is 0. The van der Waals surface area contributed by atoms with Crippen LogP contribution in [0.25, 0.3) is 11.0 Å². The zero-order valence-electron chi connectivity index (χ0n) is 11.4. The number of H-pyrrole nitrogens is 1. The Morgan fingerprint density at radius 1 is 1.28 bits per heavy atom. The highest BCUT2D eigenvalue weighted by Gasteiger charge is 2.04. The normalized spacial score (nSPS) is 11.6. The minimum Gasteiger partial charge on any atom is -0.331 e. The van der Waals surface area contributed by atoms with Crippen LogP contribution in [0, 0.1) is 11.7 Å². The van der Waals surface area contributed by atoms with Gasteiger partial charge in [-0.2, -0.15) is 0 Å². The molecule has 1 aromatic heterocycles. The summed E-state index contributed by atoms with van der Waals surface area (Å²) in [6.45, 7) is 4.25. The summed E-state index contributed by atoms with van der Waals surface area (Å²) in [5, 5.41) is 0. The number of aromatic nitrogens is 2. The van der Waals surface area contributed by atoms with Gasteiger partial charge in [0.2, 0.25) is 0 Å². The van der Waals surface area contributed by atoms with Crippen LogP contribution in [0.15, 0.2) is 18.2 Å². The average Bonchev–Trinajstić information content (AvgIpc) is 2.60. The second-order valence-electron chi connectivity index (χ2n) is 5.11. The lowest BCUT2D eigenvalue weighted by Crippen LogP contribution is -2.13. The Morgan fingerprint density at radius 2 is 2.06 bits per heavy atom. The van der Waals surface area contributed by atoms with Crippen molar-refractivity contribution in [2.75, 3.05) is 20.6 Å². The molecule has 1 aromatic carbocycles. The summed E-state index contributed by atoms with van der Waals surface area (Å²) in [4.78, 5) is 5.49. The standard InChI is InChI=1S/C14H21N3S/c1-11-6-7-12-13(10-11)17(14(18)15-12)9-5-4-8-16(2)3/h6-7,10H,4-5,8-9H2,1-3H3,(H,15,18). The van der Waals surface area contributed by atoms with Crippen molar-refractivity contribution in [3.05, 3.63) is 28.5 Å². The lowest BCUT2D eigenvalue weighted by atomic mass is 10.2. The molecule has 18 heavy (non-hydrogen) atoms. The molecule has 0 saturated heterocycles. The molecule has 0 unspecified atom stereocenters. The van der Waals surface area contributed by atoms with Gasteiger partial charge in [-0.25, -0.2) is 0 Å². The fourth-order valence-electron chi connectivity index (χ4n) is 2.18. The lowest BCUT2D eigenvalue weighted by Gasteiger charge is -2.09. The van der Waals surface area contributed by atoms with Crippen molar-refractivity contribution in [3.63, 3.8) is 0 Å². The van der Waals surface area contributed by atoms with E-state index in [0.29, 0.717) is 0 Å². The van der Waals surface area contributed by atoms with Crippen molar-refractivity contribution < 1.29 is 0 Å². The molecule has 2 rings (SSSR count). The summed E-state index contributed by atoms with van der Waals surface area (Å²) >= 11 is 5.39. The van der Waals surface area contributed by atoms with E-state index < -0.39 is 0 Å². The molecule has 0 spiro atoms. The Hall–Kier alpha value is -1.13. The van der Waals surface area contributed by atoms with Gasteiger partial charge in [0.15, 0.2) is 4.77 Å². The van der Waals surface area contributed by atoms with Crippen LogP contribution in [-0.4, -0.2) is 35.1 Å². The second-order valence-corrected chi connectivity index (χ2v) is 5.50. The molecule has 98 valence electrons. The Morgan fingerprint density at radius 3 is 2.78 bits per heavy atom. The van der Waals surface area contributed by atoms with Crippen molar-refractivity contribution in [1.29, 1.82) is 0 Å². The smallest absolute Gasteiger partial charge is 0.178 e. The predicted octanol–water partition coefficient (Wildman–Crippen LogP) is 3.35. The molecule has 0 aliphatic carbocycles. The first-order valence-corrected chi connectivity index (χ1v) is 6.82. The number of hydrogen-bond donors (Lipinski definition) is 1. The zero-order valence-corrected chi connectivity index (χ0v) is 12.2. The number of nitrogens with one attached hydrogen (secondary N) is 1. The number of aromatic amines is 1. The quantitative estimate of drug-likeness (QED) is 0.661. The number of benzene rings is 1. The van der Waals surface area contributed by atoms with Gasteiger partial charge in [-0.05, 0) is 70.3 Å². The number of rotatable bonds is 5. The maximum absolute atomic E-state index is 5.39. The summed E-state index contributed by atoms with van der Waals surface area (Å²) in [5.41, 5.74) is 3.64. The number of aryl methyl sites for hydroxylation is 2. The molecule has 0 saturated carbocycles. The summed E-state index contributed by atoms with van der Waals surface area (Å²) in [7, 11) is 4.22. The summed E-state index contributed by atoms with van der Waals surface area (Å²) in [6.07, 6.45) is 2.36. The van der Waals surface area contributed by atoms with E-state index in [1.54, 1.807) is 0 Å². The Kier molecular flexibility index (Phi) is 4.19. The minimum atomic E-state index is 0.834. The second kappa shape index (κ2) is 5.67. The molecule has 0 aliphatic rings. The van der Waals surface area contributed by atoms with Gasteiger partial charge in [0.1, 0.15) is 0 Å². The predicted molar refractivity (Wildman–Crippen MR) is 79.6 cm³/mol. The average molecular weight is 263 g/mol. The first-order valence-electron chi connectivity index (χ1n) is 6.42. The zero-order chi connectivity index (χ0) is 13.1. The van der Waals surface area contributed by atoms with E-state index in [4.69, 9.17) is 12.2 Å². The molecule has 0 aliphatic heterocycles. The maximum Gasteiger partial charge on any atom is 0.178 e. The van der Waals surface area contributed by atoms with Crippen molar-refractivity contribution in [2.45, 2.75) is 26.3 Å². The topological polar surface area (TPSA) is 24.0 Å². The van der Waals surface area contributed by atoms with Crippen LogP contribution in [0.4, 0.5) is 0 Å². The molecule has 3 nitrogen and oxygen atoms in total. The number of hydrogen-bond acceptors (Lipinski definition) is 2. The number of nitrogens with zero attached hydrogens (tertiary/aromatic N) is 2. The van der Waals surface area contributed by atoms with Crippen molar-refractivity contribution in [3.8, 4) is 0 Å². The highest BCUT2D eigenvalue weighted by molar-refractivity contribution is 7.71. The Balaban J connectivity index is 2.14. The van der Waals surface area contributed by atoms with E-state index in [0.717, 1.165) is 29.8 Å². The highest BCUT2D eigenvalue weighted by Crippen LogP contribution is 2.16. The molecule has 4 heteroatoms. The molecule has 0 amide bonds. The third-order valence-electron chi connectivity index (χ3n) is 3.17. The van der Waals surface area contributed by atoms with Gasteiger partial charge in [-0.1, -0.05) is 6.07 Å². The molecule has 2 aromatic rings. The van der Waals surface area contributed by atoms with Crippen LogP contribution in [0.3, 0.4) is 0 Å². The van der Waals surface area contributed by atoms with E-state index in [1.165, 1.54) is 17.5 Å². The van der Waals surface area contributed by atoms with Crippen LogP contribution >= 0.6 is 12.2 Å². The van der Waals surface area contributed by atoms with Gasteiger partial charge >= 0.3 is 0 Å². The fourth-order valence-corrected chi connectivity index (χ4v) is 2.48. The van der Waals surface area contributed by atoms with Crippen molar-refractivity contribution in [1.82, 2.24) is 14.5 Å². The van der Waals surface area contributed by atoms with Crippen LogP contribution < -0.4 is 0 Å². The van der Waals surface area contributed by atoms with Gasteiger partial charge in [0.25, 0.3) is 0 Å². The monoisotopic (exact) mass is 263 g/mol. The first-order chi connectivity index (χ1) is 8.58. The minimum absolute atomic E-state index is 0.834. The maximum atomic E-state index is 5.39. The van der Waals surface area contributed by atoms with Gasteiger partial charge < -0.3 is 14.5 Å². The highest BCUT2D eigenvalue weighted by atomic mass is 32.1. The lowest BCUT2D eigenvalue weighted by molar-refractivity contribution is 0.388. The molecule has 1 heterocycles. The first kappa shape index (κ1) is 13.3. The third-order valence-corrected chi connectivity index (χ3v) is 3.49. The third kappa shape index (κ3) is 3.00. The van der Waals surface area contributed by atoms with Crippen LogP contribution in [0.5, 0.6) is 0 Å². The molecule has 1 N–H and O–H groups in total. The number of fused-ring (bicyclic) bond motifs is 1. The number of unbranched alkanes of at least 4 members (excludes halogenated alkanes) is 1. The van der Waals surface area contributed by atoms with E-state index >= 15 is 0 Å². The van der Waals surface area contributed by atoms with E-state index in [-0.39, 0.29) is 0 Å². The van der Waals surface area contributed by atoms with Gasteiger partial charge in [-0.3, -0.25) is 0 Å². The van der Waals surface area contributed by atoms with Crippen LogP contribution in [-0.2, 0) is 6.54 Å². The number of imidazole rings is 1. The van der Waals surface area contributed by atoms with Gasteiger partial charge in [0.05, 0.1) is 11.0 Å². The van der Waals surface area contributed by atoms with Crippen molar-refractivity contribution in [2.24, 2.45) is 0 Å². The van der Waals surface area contributed by atoms with Gasteiger partial charge in [0, 0.05) is 6.54 Å². The summed E-state index contributed by atoms with van der Waals surface area (Å²) < 4.78 is 3.05. The largest absolute Gasteiger partial charge is 0.331 e. The van der Waals surface area contributed by atoms with E-state index in [1.807, 2.05) is 0 Å². The molecule has 0 atom stereocenters. The molecule has 0 radical (unpaired) electrons. The van der Waals surface area contributed by atoms with Crippen LogP contribution in [0.1, 0.15) is 18.4 Å². The summed E-state index contributed by atoms with van der Waals surface area (Å²) in [6, 6.07) is 6.42. The van der Waals surface area contributed by atoms with Gasteiger partial charge in [-0.15, -0.1) is 0 Å². The Bertz CT molecular complexity index is 580. The van der Waals surface area contributed by atoms with Crippen LogP contribution in [0.2, 0.25) is 0 Å².